The summed E-state index contributed by atoms with van der Waals surface area (Å²) in [6.45, 7) is 17.0. The van der Waals surface area contributed by atoms with Gasteiger partial charge in [0.05, 0.1) is 0 Å². The second-order valence-electron chi connectivity index (χ2n) is 7.93. The summed E-state index contributed by atoms with van der Waals surface area (Å²) in [6, 6.07) is 0. The molecule has 0 heterocycles. The summed E-state index contributed by atoms with van der Waals surface area (Å²) in [5.74, 6) is 4.00. The van der Waals surface area contributed by atoms with Gasteiger partial charge in [0.2, 0.25) is 0 Å². The molecule has 0 saturated heterocycles. The largest absolute Gasteiger partial charge is 0.0736 e. The Hall–Kier alpha value is -0.520. The van der Waals surface area contributed by atoms with Gasteiger partial charge in [0.15, 0.2) is 0 Å². The molecule has 0 heteroatoms. The van der Waals surface area contributed by atoms with Crippen LogP contribution in [0.4, 0.5) is 0 Å². The summed E-state index contributed by atoms with van der Waals surface area (Å²) in [4.78, 5) is 0. The van der Waals surface area contributed by atoms with Gasteiger partial charge in [0, 0.05) is 0 Å². The zero-order valence-corrected chi connectivity index (χ0v) is 18.8. The van der Waals surface area contributed by atoms with E-state index >= 15 is 0 Å². The van der Waals surface area contributed by atoms with E-state index in [1.807, 2.05) is 27.7 Å². The second kappa shape index (κ2) is 14.6. The van der Waals surface area contributed by atoms with Crippen molar-refractivity contribution in [1.29, 1.82) is 0 Å². The average Bonchev–Trinajstić information content (AvgIpc) is 3.49. The molecule has 25 heavy (non-hydrogen) atoms. The van der Waals surface area contributed by atoms with Crippen molar-refractivity contribution in [2.75, 3.05) is 0 Å². The maximum Gasteiger partial charge on any atom is -0.0197 e. The first-order chi connectivity index (χ1) is 12.1. The molecule has 0 spiro atoms. The molecule has 0 nitrogen and oxygen atoms in total. The summed E-state index contributed by atoms with van der Waals surface area (Å²) in [5, 5.41) is 0. The Kier molecular flexibility index (Phi) is 14.3. The summed E-state index contributed by atoms with van der Waals surface area (Å²) in [5.41, 5.74) is 3.15. The van der Waals surface area contributed by atoms with Crippen molar-refractivity contribution in [3.05, 3.63) is 23.3 Å². The molecule has 0 atom stereocenters. The molecule has 3 saturated carbocycles. The summed E-state index contributed by atoms with van der Waals surface area (Å²) in [6.07, 6.45) is 18.0. The van der Waals surface area contributed by atoms with E-state index in [2.05, 4.69) is 39.8 Å². The number of allylic oxidation sites excluding steroid dienone is 4. The van der Waals surface area contributed by atoms with E-state index in [0.717, 1.165) is 11.8 Å². The van der Waals surface area contributed by atoms with Gasteiger partial charge >= 0.3 is 0 Å². The molecule has 0 aromatic rings. The van der Waals surface area contributed by atoms with Crippen LogP contribution in [0.1, 0.15) is 113 Å². The lowest BCUT2D eigenvalue weighted by molar-refractivity contribution is 0.616. The molecule has 0 radical (unpaired) electrons. The van der Waals surface area contributed by atoms with E-state index in [1.165, 1.54) is 36.7 Å². The molecule has 3 rings (SSSR count). The van der Waals surface area contributed by atoms with E-state index < -0.39 is 0 Å². The minimum atomic E-state index is 0.730. The zero-order valence-electron chi connectivity index (χ0n) is 18.8. The highest BCUT2D eigenvalue weighted by molar-refractivity contribution is 5.22. The van der Waals surface area contributed by atoms with Gasteiger partial charge in [-0.1, -0.05) is 110 Å². The standard InChI is InChI=1S/C13H22.C8H14.2C2H6/c1-5-11(4)6-9-13(10(2)3)12-7-8-12;1-2-7(1)5-6-8-3-4-8;2*1-2/h6,9-10,12H,5,7-8H2,1-4H3;7-8H,1-6H2;2*1-2H3/b11-6+,13-9-;;;. The van der Waals surface area contributed by atoms with E-state index in [1.54, 1.807) is 44.1 Å². The first-order valence-electron chi connectivity index (χ1n) is 11.5. The van der Waals surface area contributed by atoms with Crippen molar-refractivity contribution in [1.82, 2.24) is 0 Å². The Bertz CT molecular complexity index is 343. The molecule has 0 bridgehead atoms. The Morgan fingerprint density at radius 2 is 1.24 bits per heavy atom. The van der Waals surface area contributed by atoms with Gasteiger partial charge in [-0.3, -0.25) is 0 Å². The van der Waals surface area contributed by atoms with Crippen LogP contribution in [0.15, 0.2) is 23.3 Å². The van der Waals surface area contributed by atoms with Gasteiger partial charge in [-0.25, -0.2) is 0 Å². The van der Waals surface area contributed by atoms with Crippen LogP contribution in [0.3, 0.4) is 0 Å². The van der Waals surface area contributed by atoms with Crippen molar-refractivity contribution in [2.45, 2.75) is 113 Å². The highest BCUT2D eigenvalue weighted by Gasteiger charge is 2.27. The fourth-order valence-electron chi connectivity index (χ4n) is 2.86. The molecule has 0 unspecified atom stereocenters. The quantitative estimate of drug-likeness (QED) is 0.403. The van der Waals surface area contributed by atoms with Crippen molar-refractivity contribution in [2.24, 2.45) is 23.7 Å². The highest BCUT2D eigenvalue weighted by atomic mass is 14.3. The molecular formula is C25H48. The van der Waals surface area contributed by atoms with Crippen molar-refractivity contribution < 1.29 is 0 Å². The van der Waals surface area contributed by atoms with E-state index in [0.29, 0.717) is 0 Å². The van der Waals surface area contributed by atoms with Gasteiger partial charge in [0.1, 0.15) is 0 Å². The van der Waals surface area contributed by atoms with Gasteiger partial charge in [0.25, 0.3) is 0 Å². The SMILES string of the molecule is C1CC1CCC1CC1.CC.CC.CC/C(C)=C/C=C(/C(C)C)C1CC1. The predicted octanol–water partition coefficient (Wildman–Crippen LogP) is 8.97. The molecule has 3 aliphatic carbocycles. The van der Waals surface area contributed by atoms with E-state index in [9.17, 15) is 0 Å². The number of rotatable bonds is 7. The molecule has 0 aromatic carbocycles. The average molecular weight is 349 g/mol. The van der Waals surface area contributed by atoms with E-state index in [4.69, 9.17) is 0 Å². The molecule has 0 aliphatic heterocycles. The van der Waals surface area contributed by atoms with Crippen molar-refractivity contribution in [3.8, 4) is 0 Å². The Labute approximate surface area is 160 Å². The predicted molar refractivity (Wildman–Crippen MR) is 117 cm³/mol. The smallest absolute Gasteiger partial charge is 0.0197 e. The molecule has 148 valence electrons. The monoisotopic (exact) mass is 348 g/mol. The summed E-state index contributed by atoms with van der Waals surface area (Å²) < 4.78 is 0. The molecule has 0 amide bonds. The van der Waals surface area contributed by atoms with Crippen LogP contribution >= 0.6 is 0 Å². The van der Waals surface area contributed by atoms with Crippen LogP contribution in [0, 0.1) is 23.7 Å². The van der Waals surface area contributed by atoms with Crippen molar-refractivity contribution in [3.63, 3.8) is 0 Å². The minimum Gasteiger partial charge on any atom is -0.0736 e. The van der Waals surface area contributed by atoms with Crippen molar-refractivity contribution >= 4 is 0 Å². The van der Waals surface area contributed by atoms with Crippen LogP contribution in [-0.4, -0.2) is 0 Å². The zero-order chi connectivity index (χ0) is 19.2. The maximum absolute atomic E-state index is 2.36. The normalized spacial score (nSPS) is 19.9. The number of hydrogen-bond acceptors (Lipinski definition) is 0. The fourth-order valence-corrected chi connectivity index (χ4v) is 2.86. The summed E-state index contributed by atoms with van der Waals surface area (Å²) >= 11 is 0. The Balaban J connectivity index is 0.000000408. The molecular weight excluding hydrogens is 300 g/mol. The van der Waals surface area contributed by atoms with Gasteiger partial charge in [-0.15, -0.1) is 0 Å². The lowest BCUT2D eigenvalue weighted by atomic mass is 9.97. The third-order valence-corrected chi connectivity index (χ3v) is 5.21. The maximum atomic E-state index is 2.36. The van der Waals surface area contributed by atoms with E-state index in [-0.39, 0.29) is 0 Å². The topological polar surface area (TPSA) is 0 Å². The van der Waals surface area contributed by atoms with Crippen LogP contribution in [-0.2, 0) is 0 Å². The summed E-state index contributed by atoms with van der Waals surface area (Å²) in [7, 11) is 0. The van der Waals surface area contributed by atoms with Gasteiger partial charge < -0.3 is 0 Å². The first kappa shape index (κ1) is 24.5. The van der Waals surface area contributed by atoms with Crippen LogP contribution in [0.5, 0.6) is 0 Å². The van der Waals surface area contributed by atoms with Gasteiger partial charge in [-0.2, -0.15) is 0 Å². The van der Waals surface area contributed by atoms with Crippen LogP contribution in [0.2, 0.25) is 0 Å². The Morgan fingerprint density at radius 1 is 0.800 bits per heavy atom. The minimum absolute atomic E-state index is 0.730. The first-order valence-corrected chi connectivity index (χ1v) is 11.5. The highest BCUT2D eigenvalue weighted by Crippen LogP contribution is 2.41. The third kappa shape index (κ3) is 13.4. The lowest BCUT2D eigenvalue weighted by Gasteiger charge is -2.08. The molecule has 0 aromatic heterocycles. The lowest BCUT2D eigenvalue weighted by Crippen LogP contribution is -1.95. The fraction of sp³-hybridized carbons (Fsp3) is 0.840. The molecule has 0 N–H and O–H groups in total. The second-order valence-corrected chi connectivity index (χ2v) is 7.93. The van der Waals surface area contributed by atoms with Gasteiger partial charge in [-0.05, 0) is 49.9 Å². The third-order valence-electron chi connectivity index (χ3n) is 5.21. The molecule has 3 fully saturated rings. The van der Waals surface area contributed by atoms with Crippen LogP contribution < -0.4 is 0 Å². The molecule has 3 aliphatic rings. The Morgan fingerprint density at radius 3 is 1.52 bits per heavy atom. The number of hydrogen-bond donors (Lipinski definition) is 0. The van der Waals surface area contributed by atoms with Crippen LogP contribution in [0.25, 0.3) is 0 Å².